The van der Waals surface area contributed by atoms with E-state index in [2.05, 4.69) is 5.16 Å². The molecule has 3 rings (SSSR count). The highest BCUT2D eigenvalue weighted by atomic mass is 35.5. The fourth-order valence-corrected chi connectivity index (χ4v) is 2.53. The molecule has 0 atom stereocenters. The van der Waals surface area contributed by atoms with Crippen molar-refractivity contribution in [1.82, 2.24) is 5.16 Å². The van der Waals surface area contributed by atoms with Crippen LogP contribution in [0, 0.1) is 10.1 Å². The van der Waals surface area contributed by atoms with E-state index in [0.717, 1.165) is 12.3 Å². The van der Waals surface area contributed by atoms with Crippen molar-refractivity contribution in [3.8, 4) is 11.3 Å². The number of rotatable bonds is 4. The highest BCUT2D eigenvalue weighted by Crippen LogP contribution is 2.35. The van der Waals surface area contributed by atoms with E-state index in [0.29, 0.717) is 22.7 Å². The Labute approximate surface area is 154 Å². The van der Waals surface area contributed by atoms with E-state index in [-0.39, 0.29) is 11.3 Å². The van der Waals surface area contributed by atoms with Crippen LogP contribution >= 0.6 is 11.6 Å². The minimum absolute atomic E-state index is 0.0193. The summed E-state index contributed by atoms with van der Waals surface area (Å²) in [5.41, 5.74) is -2.39. The maximum Gasteiger partial charge on any atom is 0.416 e. The number of benzene rings is 2. The van der Waals surface area contributed by atoms with Gasteiger partial charge in [0, 0.05) is 16.7 Å². The highest BCUT2D eigenvalue weighted by Gasteiger charge is 2.34. The predicted octanol–water partition coefficient (Wildman–Crippen LogP) is 5.15. The fraction of sp³-hybridized carbons (Fsp3) is 0.0588. The van der Waals surface area contributed by atoms with Gasteiger partial charge in [0.05, 0.1) is 22.2 Å². The zero-order valence-corrected chi connectivity index (χ0v) is 13.9. The van der Waals surface area contributed by atoms with Crippen molar-refractivity contribution in [2.45, 2.75) is 6.18 Å². The van der Waals surface area contributed by atoms with Gasteiger partial charge in [0.1, 0.15) is 5.56 Å². The molecular weight excluding hydrogens is 389 g/mol. The number of hydrogen-bond donors (Lipinski definition) is 0. The lowest BCUT2D eigenvalue weighted by Gasteiger charge is -2.08. The summed E-state index contributed by atoms with van der Waals surface area (Å²) in [5, 5.41) is 15.2. The van der Waals surface area contributed by atoms with E-state index in [1.807, 2.05) is 0 Å². The van der Waals surface area contributed by atoms with Crippen LogP contribution in [0.1, 0.15) is 21.5 Å². The molecule has 0 saturated carbocycles. The first-order chi connectivity index (χ1) is 12.7. The molecule has 1 heterocycles. The van der Waals surface area contributed by atoms with Gasteiger partial charge in [0.15, 0.2) is 5.76 Å². The molecule has 0 fully saturated rings. The standard InChI is InChI=1S/C17H8ClF3N2O4/c18-11-4-1-9(2-5-11)16-13(8-22-27-16)15(24)12-6-3-10(17(19,20)21)7-14(12)23(25)26/h1-8H. The molecule has 0 unspecified atom stereocenters. The molecular formula is C17H8ClF3N2O4. The van der Waals surface area contributed by atoms with Crippen LogP contribution in [-0.2, 0) is 6.18 Å². The number of alkyl halides is 3. The number of halogens is 4. The summed E-state index contributed by atoms with van der Waals surface area (Å²) in [4.78, 5) is 22.9. The Balaban J connectivity index is 2.09. The zero-order chi connectivity index (χ0) is 19.8. The lowest BCUT2D eigenvalue weighted by atomic mass is 9.98. The second-order valence-electron chi connectivity index (χ2n) is 5.39. The van der Waals surface area contributed by atoms with Gasteiger partial charge in [0.25, 0.3) is 5.69 Å². The van der Waals surface area contributed by atoms with Gasteiger partial charge >= 0.3 is 6.18 Å². The zero-order valence-electron chi connectivity index (χ0n) is 13.2. The van der Waals surface area contributed by atoms with Crippen LogP contribution in [0.5, 0.6) is 0 Å². The number of aromatic nitrogens is 1. The maximum absolute atomic E-state index is 12.8. The molecule has 10 heteroatoms. The monoisotopic (exact) mass is 396 g/mol. The topological polar surface area (TPSA) is 86.2 Å². The average Bonchev–Trinajstić information content (AvgIpc) is 3.10. The van der Waals surface area contributed by atoms with Crippen molar-refractivity contribution in [3.63, 3.8) is 0 Å². The molecule has 27 heavy (non-hydrogen) atoms. The summed E-state index contributed by atoms with van der Waals surface area (Å²) in [6, 6.07) is 7.85. The van der Waals surface area contributed by atoms with E-state index in [1.54, 1.807) is 12.1 Å². The lowest BCUT2D eigenvalue weighted by molar-refractivity contribution is -0.385. The molecule has 0 bridgehead atoms. The van der Waals surface area contributed by atoms with Gasteiger partial charge in [-0.15, -0.1) is 0 Å². The summed E-state index contributed by atoms with van der Waals surface area (Å²) in [6.45, 7) is 0. The minimum atomic E-state index is -4.78. The van der Waals surface area contributed by atoms with Crippen molar-refractivity contribution >= 4 is 23.1 Å². The van der Waals surface area contributed by atoms with Crippen molar-refractivity contribution < 1.29 is 27.4 Å². The van der Waals surface area contributed by atoms with Crippen molar-refractivity contribution in [2.24, 2.45) is 0 Å². The minimum Gasteiger partial charge on any atom is -0.356 e. The lowest BCUT2D eigenvalue weighted by Crippen LogP contribution is -2.10. The second kappa shape index (κ2) is 6.84. The van der Waals surface area contributed by atoms with Crippen LogP contribution in [-0.4, -0.2) is 15.9 Å². The molecule has 0 aliphatic rings. The SMILES string of the molecule is O=C(c1ccc(C(F)(F)F)cc1[N+](=O)[O-])c1cnoc1-c1ccc(Cl)cc1. The average molecular weight is 397 g/mol. The van der Waals surface area contributed by atoms with Crippen molar-refractivity contribution in [2.75, 3.05) is 0 Å². The number of nitrogens with zero attached hydrogens (tertiary/aromatic N) is 2. The van der Waals surface area contributed by atoms with Crippen LogP contribution in [0.25, 0.3) is 11.3 Å². The van der Waals surface area contributed by atoms with Crippen molar-refractivity contribution in [3.05, 3.63) is 80.5 Å². The molecule has 0 amide bonds. The Morgan fingerprint density at radius 1 is 1.11 bits per heavy atom. The Kier molecular flexibility index (Phi) is 4.71. The Morgan fingerprint density at radius 2 is 1.78 bits per heavy atom. The first-order valence-electron chi connectivity index (χ1n) is 7.29. The van der Waals surface area contributed by atoms with E-state index in [1.165, 1.54) is 12.1 Å². The number of ketones is 1. The van der Waals surface area contributed by atoms with Gasteiger partial charge in [-0.05, 0) is 36.4 Å². The molecule has 3 aromatic rings. The van der Waals surface area contributed by atoms with Gasteiger partial charge in [-0.2, -0.15) is 13.2 Å². The molecule has 2 aromatic carbocycles. The van der Waals surface area contributed by atoms with Crippen LogP contribution in [0.2, 0.25) is 5.02 Å². The third-order valence-corrected chi connectivity index (χ3v) is 3.94. The molecule has 0 N–H and O–H groups in total. The second-order valence-corrected chi connectivity index (χ2v) is 5.83. The number of hydrogen-bond acceptors (Lipinski definition) is 5. The largest absolute Gasteiger partial charge is 0.416 e. The Hall–Kier alpha value is -3.20. The molecule has 0 aliphatic carbocycles. The fourth-order valence-electron chi connectivity index (χ4n) is 2.41. The van der Waals surface area contributed by atoms with E-state index in [4.69, 9.17) is 16.1 Å². The Bertz CT molecular complexity index is 1030. The number of nitro groups is 1. The van der Waals surface area contributed by atoms with Gasteiger partial charge in [-0.3, -0.25) is 14.9 Å². The molecule has 1 aromatic heterocycles. The normalized spacial score (nSPS) is 11.4. The molecule has 0 spiro atoms. The smallest absolute Gasteiger partial charge is 0.356 e. The van der Waals surface area contributed by atoms with Crippen LogP contribution < -0.4 is 0 Å². The number of carbonyl (C=O) groups excluding carboxylic acids is 1. The molecule has 0 radical (unpaired) electrons. The van der Waals surface area contributed by atoms with E-state index < -0.39 is 33.7 Å². The van der Waals surface area contributed by atoms with Gasteiger partial charge in [-0.1, -0.05) is 16.8 Å². The Morgan fingerprint density at radius 3 is 2.37 bits per heavy atom. The molecule has 6 nitrogen and oxygen atoms in total. The molecule has 0 aliphatic heterocycles. The maximum atomic E-state index is 12.8. The van der Waals surface area contributed by atoms with E-state index >= 15 is 0 Å². The molecule has 0 saturated heterocycles. The van der Waals surface area contributed by atoms with Crippen LogP contribution in [0.15, 0.2) is 53.2 Å². The number of carbonyl (C=O) groups is 1. The molecule has 138 valence electrons. The summed E-state index contributed by atoms with van der Waals surface area (Å²) in [6.07, 6.45) is -3.73. The number of nitro benzene ring substituents is 1. The van der Waals surface area contributed by atoms with Gasteiger partial charge in [-0.25, -0.2) is 0 Å². The first kappa shape index (κ1) is 18.6. The third kappa shape index (κ3) is 3.68. The third-order valence-electron chi connectivity index (χ3n) is 3.69. The summed E-state index contributed by atoms with van der Waals surface area (Å²) in [5.74, 6) is -0.868. The van der Waals surface area contributed by atoms with Crippen LogP contribution in [0.3, 0.4) is 0 Å². The van der Waals surface area contributed by atoms with E-state index in [9.17, 15) is 28.1 Å². The van der Waals surface area contributed by atoms with Crippen LogP contribution in [0.4, 0.5) is 18.9 Å². The van der Waals surface area contributed by atoms with Gasteiger partial charge in [0.2, 0.25) is 5.78 Å². The quantitative estimate of drug-likeness (QED) is 0.345. The summed E-state index contributed by atoms with van der Waals surface area (Å²) >= 11 is 5.80. The summed E-state index contributed by atoms with van der Waals surface area (Å²) in [7, 11) is 0. The van der Waals surface area contributed by atoms with Gasteiger partial charge < -0.3 is 4.52 Å². The summed E-state index contributed by atoms with van der Waals surface area (Å²) < 4.78 is 43.5. The highest BCUT2D eigenvalue weighted by molar-refractivity contribution is 6.30. The predicted molar refractivity (Wildman–Crippen MR) is 88.5 cm³/mol. The first-order valence-corrected chi connectivity index (χ1v) is 7.67. The van der Waals surface area contributed by atoms with Crippen molar-refractivity contribution in [1.29, 1.82) is 0 Å².